The molecule has 1 aromatic heterocycles. The molecule has 0 spiro atoms. The molecule has 0 saturated carbocycles. The molecule has 1 aromatic carbocycles. The molecule has 0 radical (unpaired) electrons. The largest absolute Gasteiger partial charge is 0.141 e. The summed E-state index contributed by atoms with van der Waals surface area (Å²) in [5.74, 6) is 0. The highest BCUT2D eigenvalue weighted by Gasteiger charge is 2.04. The van der Waals surface area contributed by atoms with Crippen LogP contribution in [0.1, 0.15) is 4.88 Å². The van der Waals surface area contributed by atoms with Crippen LogP contribution in [0, 0.1) is 6.92 Å². The molecule has 0 fully saturated rings. The molecule has 3 heteroatoms. The van der Waals surface area contributed by atoms with Gasteiger partial charge in [0.2, 0.25) is 0 Å². The van der Waals surface area contributed by atoms with Crippen LogP contribution in [0.25, 0.3) is 10.1 Å². The molecule has 68 valence electrons. The van der Waals surface area contributed by atoms with E-state index in [1.54, 1.807) is 23.1 Å². The number of aryl methyl sites for hydroxylation is 1. The zero-order valence-corrected chi connectivity index (χ0v) is 9.82. The number of thioether (sulfide) groups is 1. The van der Waals surface area contributed by atoms with E-state index in [0.717, 1.165) is 5.02 Å². The number of fused-ring (bicyclic) bond motifs is 1. The van der Waals surface area contributed by atoms with Crippen LogP contribution < -0.4 is 0 Å². The van der Waals surface area contributed by atoms with Crippen LogP contribution in [0.3, 0.4) is 0 Å². The zero-order chi connectivity index (χ0) is 9.42. The van der Waals surface area contributed by atoms with E-state index in [2.05, 4.69) is 25.3 Å². The Labute approximate surface area is 90.9 Å². The Balaban J connectivity index is 2.75. The highest BCUT2D eigenvalue weighted by Crippen LogP contribution is 2.34. The first-order valence-corrected chi connectivity index (χ1v) is 6.36. The van der Waals surface area contributed by atoms with Gasteiger partial charge in [0.05, 0.1) is 5.02 Å². The molecule has 0 N–H and O–H groups in total. The van der Waals surface area contributed by atoms with Gasteiger partial charge >= 0.3 is 0 Å². The van der Waals surface area contributed by atoms with Gasteiger partial charge in [0.1, 0.15) is 0 Å². The fraction of sp³-hybridized carbons (Fsp3) is 0.200. The first-order valence-electron chi connectivity index (χ1n) is 3.94. The number of hydrogen-bond donors (Lipinski definition) is 0. The minimum absolute atomic E-state index is 0.867. The molecule has 0 saturated heterocycles. The van der Waals surface area contributed by atoms with Gasteiger partial charge in [0, 0.05) is 19.9 Å². The van der Waals surface area contributed by atoms with Crippen molar-refractivity contribution in [1.29, 1.82) is 0 Å². The van der Waals surface area contributed by atoms with Crippen LogP contribution >= 0.6 is 34.7 Å². The maximum atomic E-state index is 6.15. The minimum atomic E-state index is 0.867. The van der Waals surface area contributed by atoms with Crippen LogP contribution in [0.2, 0.25) is 5.02 Å². The molecule has 2 aromatic rings. The van der Waals surface area contributed by atoms with Crippen molar-refractivity contribution in [3.63, 3.8) is 0 Å². The molecule has 0 aliphatic rings. The molecule has 0 aliphatic carbocycles. The molecule has 13 heavy (non-hydrogen) atoms. The van der Waals surface area contributed by atoms with E-state index in [4.69, 9.17) is 11.6 Å². The van der Waals surface area contributed by atoms with Crippen LogP contribution in [0.15, 0.2) is 23.1 Å². The van der Waals surface area contributed by atoms with Crippen LogP contribution in [-0.2, 0) is 0 Å². The number of hydrogen-bond acceptors (Lipinski definition) is 2. The van der Waals surface area contributed by atoms with Crippen molar-refractivity contribution in [1.82, 2.24) is 0 Å². The lowest BCUT2D eigenvalue weighted by molar-refractivity contribution is 1.53. The predicted molar refractivity (Wildman–Crippen MR) is 63.4 cm³/mol. The molecule has 0 bridgehead atoms. The van der Waals surface area contributed by atoms with E-state index < -0.39 is 0 Å². The molecule has 0 aliphatic heterocycles. The van der Waals surface area contributed by atoms with Gasteiger partial charge in [0.15, 0.2) is 0 Å². The van der Waals surface area contributed by atoms with Crippen molar-refractivity contribution >= 4 is 44.8 Å². The first kappa shape index (κ1) is 9.38. The summed E-state index contributed by atoms with van der Waals surface area (Å²) in [7, 11) is 0. The summed E-state index contributed by atoms with van der Waals surface area (Å²) < 4.78 is 1.29. The summed E-state index contributed by atoms with van der Waals surface area (Å²) in [6, 6.07) is 6.37. The van der Waals surface area contributed by atoms with Crippen molar-refractivity contribution in [2.45, 2.75) is 11.8 Å². The Bertz CT molecular complexity index is 445. The number of thiophene rings is 1. The van der Waals surface area contributed by atoms with Gasteiger partial charge in [-0.05, 0) is 31.4 Å². The van der Waals surface area contributed by atoms with E-state index in [0.29, 0.717) is 0 Å². The highest BCUT2D eigenvalue weighted by atomic mass is 35.5. The lowest BCUT2D eigenvalue weighted by Crippen LogP contribution is -1.70. The van der Waals surface area contributed by atoms with E-state index >= 15 is 0 Å². The zero-order valence-electron chi connectivity index (χ0n) is 7.43. The van der Waals surface area contributed by atoms with E-state index in [-0.39, 0.29) is 0 Å². The summed E-state index contributed by atoms with van der Waals surface area (Å²) in [5.41, 5.74) is 0. The van der Waals surface area contributed by atoms with E-state index in [1.807, 2.05) is 6.07 Å². The van der Waals surface area contributed by atoms with Crippen LogP contribution in [0.4, 0.5) is 0 Å². The average Bonchev–Trinajstić information content (AvgIpc) is 2.46. The number of halogens is 1. The minimum Gasteiger partial charge on any atom is -0.141 e. The third-order valence-corrected chi connectivity index (χ3v) is 3.94. The van der Waals surface area contributed by atoms with Crippen molar-refractivity contribution in [3.05, 3.63) is 28.1 Å². The standard InChI is InChI=1S/C10H9ClS2/c1-6-3-8-9(11)4-7(12-2)5-10(8)13-6/h3-5H,1-2H3. The van der Waals surface area contributed by atoms with Gasteiger partial charge in [-0.2, -0.15) is 0 Å². The third-order valence-electron chi connectivity index (χ3n) is 1.92. The maximum Gasteiger partial charge on any atom is 0.0504 e. The summed E-state index contributed by atoms with van der Waals surface area (Å²) in [5, 5.41) is 2.05. The van der Waals surface area contributed by atoms with Gasteiger partial charge in [-0.1, -0.05) is 11.6 Å². The van der Waals surface area contributed by atoms with Crippen molar-refractivity contribution in [2.75, 3.05) is 6.26 Å². The van der Waals surface area contributed by atoms with E-state index in [9.17, 15) is 0 Å². The first-order chi connectivity index (χ1) is 6.20. The summed E-state index contributed by atoms with van der Waals surface area (Å²) in [6.45, 7) is 2.11. The monoisotopic (exact) mass is 228 g/mol. The molecule has 0 atom stereocenters. The van der Waals surface area contributed by atoms with Crippen molar-refractivity contribution < 1.29 is 0 Å². The Morgan fingerprint density at radius 1 is 1.31 bits per heavy atom. The maximum absolute atomic E-state index is 6.15. The average molecular weight is 229 g/mol. The lowest BCUT2D eigenvalue weighted by Gasteiger charge is -1.98. The quantitative estimate of drug-likeness (QED) is 0.644. The number of rotatable bonds is 1. The van der Waals surface area contributed by atoms with Gasteiger partial charge in [0.25, 0.3) is 0 Å². The second-order valence-corrected chi connectivity index (χ2v) is 5.45. The summed E-state index contributed by atoms with van der Waals surface area (Å²) >= 11 is 9.67. The van der Waals surface area contributed by atoms with Gasteiger partial charge < -0.3 is 0 Å². The summed E-state index contributed by atoms with van der Waals surface area (Å²) in [6.07, 6.45) is 2.07. The SMILES string of the molecule is CSc1cc(Cl)c2cc(C)sc2c1. The van der Waals surface area contributed by atoms with Crippen molar-refractivity contribution in [2.24, 2.45) is 0 Å². The fourth-order valence-corrected chi connectivity index (χ4v) is 3.25. The van der Waals surface area contributed by atoms with Crippen LogP contribution in [0.5, 0.6) is 0 Å². The van der Waals surface area contributed by atoms with Crippen molar-refractivity contribution in [3.8, 4) is 0 Å². The molecule has 1 heterocycles. The second kappa shape index (κ2) is 3.52. The smallest absolute Gasteiger partial charge is 0.0504 e. The van der Waals surface area contributed by atoms with Gasteiger partial charge in [-0.15, -0.1) is 23.1 Å². The Morgan fingerprint density at radius 2 is 2.08 bits per heavy atom. The molecule has 0 amide bonds. The fourth-order valence-electron chi connectivity index (χ4n) is 1.32. The second-order valence-electron chi connectivity index (χ2n) is 2.88. The Hall–Kier alpha value is -0.180. The Kier molecular flexibility index (Phi) is 2.54. The van der Waals surface area contributed by atoms with Gasteiger partial charge in [-0.3, -0.25) is 0 Å². The van der Waals surface area contributed by atoms with Crippen LogP contribution in [-0.4, -0.2) is 6.26 Å². The molecular weight excluding hydrogens is 220 g/mol. The van der Waals surface area contributed by atoms with Gasteiger partial charge in [-0.25, -0.2) is 0 Å². The summed E-state index contributed by atoms with van der Waals surface area (Å²) in [4.78, 5) is 2.55. The highest BCUT2D eigenvalue weighted by molar-refractivity contribution is 7.98. The predicted octanol–water partition coefficient (Wildman–Crippen LogP) is 4.59. The Morgan fingerprint density at radius 3 is 2.77 bits per heavy atom. The molecule has 2 rings (SSSR count). The molecule has 0 unspecified atom stereocenters. The normalized spacial score (nSPS) is 11.0. The lowest BCUT2D eigenvalue weighted by atomic mass is 10.2. The molecular formula is C10H9ClS2. The van der Waals surface area contributed by atoms with E-state index in [1.165, 1.54) is 19.9 Å². The molecule has 0 nitrogen and oxygen atoms in total. The topological polar surface area (TPSA) is 0 Å². The number of benzene rings is 1. The third kappa shape index (κ3) is 1.71.